The summed E-state index contributed by atoms with van der Waals surface area (Å²) in [5, 5.41) is 0. The number of benzene rings is 1. The van der Waals surface area contributed by atoms with Gasteiger partial charge in [0.25, 0.3) is 0 Å². The van der Waals surface area contributed by atoms with Gasteiger partial charge in [0.05, 0.1) is 0 Å². The highest BCUT2D eigenvalue weighted by Crippen LogP contribution is 2.30. The van der Waals surface area contributed by atoms with Gasteiger partial charge < -0.3 is 11.6 Å². The zero-order chi connectivity index (χ0) is 13.4. The van der Waals surface area contributed by atoms with Crippen molar-refractivity contribution in [3.63, 3.8) is 0 Å². The van der Waals surface area contributed by atoms with E-state index < -0.39 is 0 Å². The minimum Gasteiger partial charge on any atom is -0.382 e. The second-order valence-electron chi connectivity index (χ2n) is 4.69. The molecule has 1 aromatic heterocycles. The molecule has 96 valence electrons. The summed E-state index contributed by atoms with van der Waals surface area (Å²) in [4.78, 5) is 4.43. The molecule has 0 bridgehead atoms. The molecule has 4 nitrogen and oxygen atoms in total. The Labute approximate surface area is 105 Å². The first-order valence-corrected chi connectivity index (χ1v) is 5.81. The van der Waals surface area contributed by atoms with E-state index in [1.54, 1.807) is 6.07 Å². The lowest BCUT2D eigenvalue weighted by atomic mass is 10.1. The number of anilines is 1. The topological polar surface area (TPSA) is 69.9 Å². The number of aryl methyl sites for hydroxylation is 1. The van der Waals surface area contributed by atoms with Crippen LogP contribution in [0.2, 0.25) is 0 Å². The smallest absolute Gasteiger partial charge is 0.150 e. The molecule has 0 fully saturated rings. The first-order valence-electron chi connectivity index (χ1n) is 5.81. The Balaban J connectivity index is 2.64. The molecule has 4 N–H and O–H groups in total. The van der Waals surface area contributed by atoms with E-state index >= 15 is 0 Å². The molecule has 0 aliphatic rings. The molecular weight excluding hydrogens is 231 g/mol. The van der Waals surface area contributed by atoms with E-state index in [-0.39, 0.29) is 11.7 Å². The van der Waals surface area contributed by atoms with Gasteiger partial charge in [-0.3, -0.25) is 0 Å². The normalized spacial score (nSPS) is 11.2. The summed E-state index contributed by atoms with van der Waals surface area (Å²) in [7, 11) is 0. The van der Waals surface area contributed by atoms with E-state index in [0.29, 0.717) is 22.9 Å². The van der Waals surface area contributed by atoms with Crippen molar-refractivity contribution < 1.29 is 4.39 Å². The SMILES string of the molecule is Cc1ccc(F)cc1-c1nc(C(C)C)n(N)c1N. The van der Waals surface area contributed by atoms with Gasteiger partial charge in [0.15, 0.2) is 5.82 Å². The molecule has 5 heteroatoms. The zero-order valence-electron chi connectivity index (χ0n) is 10.7. The van der Waals surface area contributed by atoms with Gasteiger partial charge in [0.2, 0.25) is 0 Å². The van der Waals surface area contributed by atoms with Crippen molar-refractivity contribution in [3.05, 3.63) is 35.4 Å². The maximum absolute atomic E-state index is 13.3. The molecule has 0 aliphatic carbocycles. The number of hydrogen-bond acceptors (Lipinski definition) is 3. The van der Waals surface area contributed by atoms with Crippen LogP contribution in [0.5, 0.6) is 0 Å². The third-order valence-corrected chi connectivity index (χ3v) is 2.95. The molecule has 0 saturated carbocycles. The number of rotatable bonds is 2. The Kier molecular flexibility index (Phi) is 2.98. The second kappa shape index (κ2) is 4.33. The fourth-order valence-electron chi connectivity index (χ4n) is 1.92. The number of nitrogens with two attached hydrogens (primary N) is 2. The molecule has 18 heavy (non-hydrogen) atoms. The Bertz CT molecular complexity index is 587. The van der Waals surface area contributed by atoms with E-state index in [1.807, 2.05) is 20.8 Å². The Morgan fingerprint density at radius 2 is 2.00 bits per heavy atom. The third kappa shape index (κ3) is 1.92. The fraction of sp³-hybridized carbons (Fsp3) is 0.308. The molecule has 0 saturated heterocycles. The van der Waals surface area contributed by atoms with Gasteiger partial charge in [0, 0.05) is 11.5 Å². The van der Waals surface area contributed by atoms with Gasteiger partial charge in [-0.1, -0.05) is 19.9 Å². The predicted octanol–water partition coefficient (Wildman–Crippen LogP) is 2.42. The van der Waals surface area contributed by atoms with Crippen LogP contribution < -0.4 is 11.6 Å². The molecule has 1 aromatic carbocycles. The first-order chi connectivity index (χ1) is 8.41. The lowest BCUT2D eigenvalue weighted by molar-refractivity contribution is 0.628. The number of halogens is 1. The highest BCUT2D eigenvalue weighted by molar-refractivity contribution is 5.73. The van der Waals surface area contributed by atoms with E-state index in [1.165, 1.54) is 16.8 Å². The molecule has 2 rings (SSSR count). The second-order valence-corrected chi connectivity index (χ2v) is 4.69. The van der Waals surface area contributed by atoms with Crippen LogP contribution in [0.1, 0.15) is 31.2 Å². The average Bonchev–Trinajstić information content (AvgIpc) is 2.60. The molecular formula is C13H17FN4. The van der Waals surface area contributed by atoms with Crippen molar-refractivity contribution in [2.24, 2.45) is 0 Å². The van der Waals surface area contributed by atoms with Gasteiger partial charge in [0.1, 0.15) is 17.3 Å². The average molecular weight is 248 g/mol. The van der Waals surface area contributed by atoms with E-state index in [4.69, 9.17) is 11.6 Å². The third-order valence-electron chi connectivity index (χ3n) is 2.95. The number of hydrogen-bond donors (Lipinski definition) is 2. The molecule has 0 aliphatic heterocycles. The largest absolute Gasteiger partial charge is 0.382 e. The van der Waals surface area contributed by atoms with E-state index in [9.17, 15) is 4.39 Å². The summed E-state index contributed by atoms with van der Waals surface area (Å²) in [6, 6.07) is 4.55. The van der Waals surface area contributed by atoms with Gasteiger partial charge >= 0.3 is 0 Å². The van der Waals surface area contributed by atoms with Crippen LogP contribution in [0.25, 0.3) is 11.3 Å². The summed E-state index contributed by atoms with van der Waals surface area (Å²) in [6.07, 6.45) is 0. The van der Waals surface area contributed by atoms with Crippen LogP contribution in [0.4, 0.5) is 10.2 Å². The van der Waals surface area contributed by atoms with Crippen LogP contribution in [-0.4, -0.2) is 9.66 Å². The van der Waals surface area contributed by atoms with Crippen molar-refractivity contribution in [1.29, 1.82) is 0 Å². The van der Waals surface area contributed by atoms with Crippen molar-refractivity contribution >= 4 is 5.82 Å². The van der Waals surface area contributed by atoms with Crippen LogP contribution >= 0.6 is 0 Å². The minimum absolute atomic E-state index is 0.153. The molecule has 0 atom stereocenters. The zero-order valence-corrected chi connectivity index (χ0v) is 10.7. The van der Waals surface area contributed by atoms with Crippen LogP contribution in [0, 0.1) is 12.7 Å². The quantitative estimate of drug-likeness (QED) is 0.802. The monoisotopic (exact) mass is 248 g/mol. The summed E-state index contributed by atoms with van der Waals surface area (Å²) in [5.74, 6) is 6.75. The fourth-order valence-corrected chi connectivity index (χ4v) is 1.92. The van der Waals surface area contributed by atoms with Crippen molar-refractivity contribution in [2.75, 3.05) is 11.6 Å². The maximum Gasteiger partial charge on any atom is 0.150 e. The lowest BCUT2D eigenvalue weighted by Crippen LogP contribution is -2.16. The molecule has 2 aromatic rings. The standard InChI is InChI=1S/C13H17FN4/c1-7(2)13-17-11(12(15)18(13)16)10-6-9(14)5-4-8(10)3/h4-7H,15-16H2,1-3H3. The lowest BCUT2D eigenvalue weighted by Gasteiger charge is -2.05. The molecule has 0 radical (unpaired) electrons. The number of aromatic nitrogens is 2. The van der Waals surface area contributed by atoms with E-state index in [2.05, 4.69) is 4.98 Å². The number of imidazole rings is 1. The van der Waals surface area contributed by atoms with Gasteiger partial charge in [-0.25, -0.2) is 14.1 Å². The number of nitrogen functional groups attached to an aromatic ring is 2. The maximum atomic E-state index is 13.3. The predicted molar refractivity (Wildman–Crippen MR) is 71.0 cm³/mol. The van der Waals surface area contributed by atoms with Crippen LogP contribution in [0.3, 0.4) is 0 Å². The van der Waals surface area contributed by atoms with Crippen LogP contribution in [0.15, 0.2) is 18.2 Å². The summed E-state index contributed by atoms with van der Waals surface area (Å²) in [6.45, 7) is 5.85. The van der Waals surface area contributed by atoms with Crippen molar-refractivity contribution in [1.82, 2.24) is 9.66 Å². The Morgan fingerprint density at radius 1 is 1.33 bits per heavy atom. The highest BCUT2D eigenvalue weighted by atomic mass is 19.1. The summed E-state index contributed by atoms with van der Waals surface area (Å²) in [5.41, 5.74) is 8.08. The van der Waals surface area contributed by atoms with Gasteiger partial charge in [-0.05, 0) is 24.6 Å². The minimum atomic E-state index is -0.312. The van der Waals surface area contributed by atoms with Crippen molar-refractivity contribution in [3.8, 4) is 11.3 Å². The first kappa shape index (κ1) is 12.4. The number of nitrogens with zero attached hydrogens (tertiary/aromatic N) is 2. The molecule has 0 spiro atoms. The van der Waals surface area contributed by atoms with Gasteiger partial charge in [-0.2, -0.15) is 0 Å². The van der Waals surface area contributed by atoms with Gasteiger partial charge in [-0.15, -0.1) is 0 Å². The van der Waals surface area contributed by atoms with Crippen LogP contribution in [-0.2, 0) is 0 Å². The van der Waals surface area contributed by atoms with Crippen molar-refractivity contribution in [2.45, 2.75) is 26.7 Å². The van der Waals surface area contributed by atoms with E-state index in [0.717, 1.165) is 5.56 Å². The molecule has 0 amide bonds. The Hall–Kier alpha value is -2.04. The summed E-state index contributed by atoms with van der Waals surface area (Å²) >= 11 is 0. The summed E-state index contributed by atoms with van der Waals surface area (Å²) < 4.78 is 14.7. The molecule has 1 heterocycles. The highest BCUT2D eigenvalue weighted by Gasteiger charge is 2.18. The Morgan fingerprint density at radius 3 is 2.56 bits per heavy atom. The molecule has 0 unspecified atom stereocenters.